The van der Waals surface area contributed by atoms with Crippen molar-refractivity contribution in [2.24, 2.45) is 0 Å². The molecule has 17 heavy (non-hydrogen) atoms. The number of H-pyrrole nitrogens is 1. The number of carbonyl (C=O) groups excluding carboxylic acids is 1. The van der Waals surface area contributed by atoms with Gasteiger partial charge in [0.05, 0.1) is 12.2 Å². The largest absolute Gasteiger partial charge is 0.778 e. The molecule has 0 fully saturated rings. The fraction of sp³-hybridized carbons (Fsp3) is 0.400. The van der Waals surface area contributed by atoms with Crippen LogP contribution in [0.1, 0.15) is 28.5 Å². The van der Waals surface area contributed by atoms with E-state index in [1.165, 1.54) is 6.20 Å². The standard InChI is InChI=1S/C10H14NO5P/c1-3-16-17(14,15)6-8-4-11-7(2)10(13)9(8)5-12/h4-5,13H,3,6H2,1-2H3,(H,14,15). The topological polar surface area (TPSA) is 101 Å². The van der Waals surface area contributed by atoms with Gasteiger partial charge in [0.1, 0.15) is 7.60 Å². The van der Waals surface area contributed by atoms with E-state index < -0.39 is 13.8 Å². The lowest BCUT2D eigenvalue weighted by Gasteiger charge is -2.22. The fourth-order valence-electron chi connectivity index (χ4n) is 1.41. The Hall–Kier alpha value is -1.23. The first-order chi connectivity index (χ1) is 7.91. The predicted octanol–water partition coefficient (Wildman–Crippen LogP) is 0.417. The molecule has 94 valence electrons. The van der Waals surface area contributed by atoms with Crippen LogP contribution in [0.2, 0.25) is 0 Å². The molecule has 0 amide bonds. The lowest BCUT2D eigenvalue weighted by Crippen LogP contribution is -2.14. The smallest absolute Gasteiger partial charge is 0.219 e. The molecule has 0 saturated heterocycles. The number of aromatic hydroxyl groups is 1. The van der Waals surface area contributed by atoms with Crippen molar-refractivity contribution in [3.8, 4) is 5.75 Å². The molecule has 1 unspecified atom stereocenters. The second-order valence-electron chi connectivity index (χ2n) is 3.51. The SMILES string of the molecule is CCOP(=O)([O-])Cc1c[nH+]c(C)c(O)c1C=O. The Morgan fingerprint density at radius 3 is 2.82 bits per heavy atom. The summed E-state index contributed by atoms with van der Waals surface area (Å²) in [4.78, 5) is 25.0. The zero-order valence-electron chi connectivity index (χ0n) is 9.60. The summed E-state index contributed by atoms with van der Waals surface area (Å²) in [5.74, 6) is -0.242. The van der Waals surface area contributed by atoms with E-state index in [0.29, 0.717) is 12.0 Å². The molecule has 2 N–H and O–H groups in total. The van der Waals surface area contributed by atoms with Gasteiger partial charge in [0, 0.05) is 18.6 Å². The highest BCUT2D eigenvalue weighted by Gasteiger charge is 2.19. The molecule has 0 radical (unpaired) electrons. The first kappa shape index (κ1) is 13.8. The Morgan fingerprint density at radius 1 is 1.65 bits per heavy atom. The van der Waals surface area contributed by atoms with E-state index in [0.717, 1.165) is 0 Å². The summed E-state index contributed by atoms with van der Waals surface area (Å²) in [6.07, 6.45) is 1.37. The van der Waals surface area contributed by atoms with Gasteiger partial charge >= 0.3 is 0 Å². The Kier molecular flexibility index (Phi) is 4.40. The lowest BCUT2D eigenvalue weighted by atomic mass is 10.1. The number of carbonyl (C=O) groups is 1. The number of aryl methyl sites for hydroxylation is 1. The molecule has 0 aliphatic rings. The highest BCUT2D eigenvalue weighted by molar-refractivity contribution is 7.50. The Labute approximate surface area is 98.8 Å². The zero-order chi connectivity index (χ0) is 13.1. The molecule has 0 aromatic carbocycles. The van der Waals surface area contributed by atoms with E-state index in [-0.39, 0.29) is 23.5 Å². The highest BCUT2D eigenvalue weighted by Crippen LogP contribution is 2.42. The van der Waals surface area contributed by atoms with Crippen LogP contribution in [0.5, 0.6) is 5.75 Å². The van der Waals surface area contributed by atoms with Crippen LogP contribution in [-0.4, -0.2) is 18.0 Å². The molecule has 0 spiro atoms. The molecular weight excluding hydrogens is 245 g/mol. The van der Waals surface area contributed by atoms with Crippen LogP contribution in [-0.2, 0) is 15.3 Å². The van der Waals surface area contributed by atoms with Crippen molar-refractivity contribution >= 4 is 13.9 Å². The third kappa shape index (κ3) is 3.36. The van der Waals surface area contributed by atoms with Gasteiger partial charge in [-0.1, -0.05) is 0 Å². The maximum atomic E-state index is 11.5. The van der Waals surface area contributed by atoms with Gasteiger partial charge in [-0.25, -0.2) is 4.98 Å². The average molecular weight is 259 g/mol. The van der Waals surface area contributed by atoms with E-state index in [9.17, 15) is 19.4 Å². The van der Waals surface area contributed by atoms with Crippen molar-refractivity contribution in [1.82, 2.24) is 0 Å². The van der Waals surface area contributed by atoms with Crippen LogP contribution in [0.15, 0.2) is 6.20 Å². The molecular formula is C10H14NO5P. The van der Waals surface area contributed by atoms with Crippen LogP contribution < -0.4 is 9.88 Å². The van der Waals surface area contributed by atoms with E-state index in [1.54, 1.807) is 13.8 Å². The Morgan fingerprint density at radius 2 is 2.29 bits per heavy atom. The van der Waals surface area contributed by atoms with E-state index in [4.69, 9.17) is 0 Å². The summed E-state index contributed by atoms with van der Waals surface area (Å²) in [6.45, 7) is 3.17. The Balaban J connectivity index is 3.11. The first-order valence-electron chi connectivity index (χ1n) is 5.04. The molecule has 0 aliphatic carbocycles. The van der Waals surface area contributed by atoms with Crippen LogP contribution in [0, 0.1) is 6.92 Å². The highest BCUT2D eigenvalue weighted by atomic mass is 31.2. The minimum Gasteiger partial charge on any atom is -0.778 e. The summed E-state index contributed by atoms with van der Waals surface area (Å²) in [5.41, 5.74) is 0.555. The summed E-state index contributed by atoms with van der Waals surface area (Å²) in [5, 5.41) is 9.61. The number of pyridine rings is 1. The van der Waals surface area contributed by atoms with Gasteiger partial charge in [0.2, 0.25) is 5.69 Å². The molecule has 0 saturated carbocycles. The van der Waals surface area contributed by atoms with Crippen molar-refractivity contribution in [2.75, 3.05) is 6.61 Å². The van der Waals surface area contributed by atoms with Gasteiger partial charge in [-0.05, 0) is 6.92 Å². The molecule has 6 nitrogen and oxygen atoms in total. The van der Waals surface area contributed by atoms with E-state index >= 15 is 0 Å². The monoisotopic (exact) mass is 259 g/mol. The zero-order valence-corrected chi connectivity index (χ0v) is 10.5. The minimum atomic E-state index is -4.03. The van der Waals surface area contributed by atoms with Crippen molar-refractivity contribution < 1.29 is 28.9 Å². The molecule has 1 aromatic heterocycles. The maximum Gasteiger partial charge on any atom is 0.219 e. The molecule has 1 rings (SSSR count). The average Bonchev–Trinajstić information content (AvgIpc) is 2.23. The third-order valence-electron chi connectivity index (χ3n) is 2.23. The summed E-state index contributed by atoms with van der Waals surface area (Å²) < 4.78 is 16.0. The van der Waals surface area contributed by atoms with Gasteiger partial charge in [-0.3, -0.25) is 4.79 Å². The third-order valence-corrected chi connectivity index (χ3v) is 3.61. The normalized spacial score (nSPS) is 14.3. The molecule has 1 heterocycles. The van der Waals surface area contributed by atoms with Crippen molar-refractivity contribution in [3.63, 3.8) is 0 Å². The second kappa shape index (κ2) is 5.40. The number of nitrogens with one attached hydrogen (secondary N) is 1. The first-order valence-corrected chi connectivity index (χ1v) is 6.77. The van der Waals surface area contributed by atoms with Crippen LogP contribution in [0.3, 0.4) is 0 Å². The summed E-state index contributed by atoms with van der Waals surface area (Å²) >= 11 is 0. The quantitative estimate of drug-likeness (QED) is 0.610. The van der Waals surface area contributed by atoms with Gasteiger partial charge < -0.3 is 19.1 Å². The van der Waals surface area contributed by atoms with Crippen LogP contribution in [0.25, 0.3) is 0 Å². The summed E-state index contributed by atoms with van der Waals surface area (Å²) in [6, 6.07) is 0. The van der Waals surface area contributed by atoms with Gasteiger partial charge in [0.15, 0.2) is 18.2 Å². The van der Waals surface area contributed by atoms with Gasteiger partial charge in [-0.15, -0.1) is 0 Å². The lowest BCUT2D eigenvalue weighted by molar-refractivity contribution is -0.389. The summed E-state index contributed by atoms with van der Waals surface area (Å²) in [7, 11) is -4.03. The molecule has 1 atom stereocenters. The number of aromatic amines is 1. The number of hydrogen-bond donors (Lipinski definition) is 1. The number of aldehydes is 1. The van der Waals surface area contributed by atoms with Crippen molar-refractivity contribution in [1.29, 1.82) is 0 Å². The number of rotatable bonds is 5. The fourth-order valence-corrected chi connectivity index (χ4v) is 2.57. The van der Waals surface area contributed by atoms with Gasteiger partial charge in [0.25, 0.3) is 0 Å². The van der Waals surface area contributed by atoms with E-state index in [2.05, 4.69) is 9.51 Å². The maximum absolute atomic E-state index is 11.5. The van der Waals surface area contributed by atoms with Gasteiger partial charge in [-0.2, -0.15) is 0 Å². The predicted molar refractivity (Wildman–Crippen MR) is 57.7 cm³/mol. The Bertz CT molecular complexity index is 474. The second-order valence-corrected chi connectivity index (χ2v) is 5.30. The number of hydrogen-bond acceptors (Lipinski definition) is 5. The molecule has 7 heteroatoms. The van der Waals surface area contributed by atoms with Crippen LogP contribution in [0.4, 0.5) is 0 Å². The molecule has 0 aliphatic heterocycles. The van der Waals surface area contributed by atoms with Crippen LogP contribution >= 0.6 is 7.60 Å². The van der Waals surface area contributed by atoms with E-state index in [1.807, 2.05) is 0 Å². The number of aromatic nitrogens is 1. The van der Waals surface area contributed by atoms with Crippen molar-refractivity contribution in [2.45, 2.75) is 20.0 Å². The molecule has 0 bridgehead atoms. The molecule has 1 aromatic rings. The van der Waals surface area contributed by atoms with Crippen molar-refractivity contribution in [3.05, 3.63) is 23.0 Å². The minimum absolute atomic E-state index is 0.0305.